The first kappa shape index (κ1) is 15.9. The zero-order valence-electron chi connectivity index (χ0n) is 11.6. The van der Waals surface area contributed by atoms with E-state index in [-0.39, 0.29) is 18.9 Å². The van der Waals surface area contributed by atoms with E-state index >= 15 is 0 Å². The van der Waals surface area contributed by atoms with Crippen molar-refractivity contribution in [3.63, 3.8) is 0 Å². The molecular formula is C13H24N2O4. The van der Waals surface area contributed by atoms with Gasteiger partial charge in [-0.15, -0.1) is 0 Å². The van der Waals surface area contributed by atoms with Gasteiger partial charge in [-0.05, 0) is 12.8 Å². The summed E-state index contributed by atoms with van der Waals surface area (Å²) in [5.41, 5.74) is 0. The predicted octanol–water partition coefficient (Wildman–Crippen LogP) is 0.468. The van der Waals surface area contributed by atoms with Crippen LogP contribution in [0.3, 0.4) is 0 Å². The van der Waals surface area contributed by atoms with Crippen molar-refractivity contribution in [1.29, 1.82) is 0 Å². The number of carboxylic acids is 1. The molecule has 0 bridgehead atoms. The monoisotopic (exact) mass is 272 g/mol. The zero-order valence-corrected chi connectivity index (χ0v) is 11.6. The smallest absolute Gasteiger partial charge is 0.304 e. The summed E-state index contributed by atoms with van der Waals surface area (Å²) >= 11 is 0. The molecule has 1 aliphatic carbocycles. The molecule has 110 valence electrons. The number of carboxylic acid groups (broad SMARTS) is 1. The van der Waals surface area contributed by atoms with E-state index in [1.54, 1.807) is 7.11 Å². The number of hydrogen-bond donors (Lipinski definition) is 2. The second-order valence-electron chi connectivity index (χ2n) is 4.90. The highest BCUT2D eigenvalue weighted by Crippen LogP contribution is 2.23. The fourth-order valence-corrected chi connectivity index (χ4v) is 2.43. The van der Waals surface area contributed by atoms with Crippen LogP contribution in [0.1, 0.15) is 32.1 Å². The molecule has 0 atom stereocenters. The van der Waals surface area contributed by atoms with Gasteiger partial charge in [0.2, 0.25) is 5.91 Å². The van der Waals surface area contributed by atoms with E-state index in [2.05, 4.69) is 5.32 Å². The van der Waals surface area contributed by atoms with Crippen molar-refractivity contribution in [2.45, 2.75) is 38.1 Å². The van der Waals surface area contributed by atoms with Crippen molar-refractivity contribution in [2.75, 3.05) is 33.4 Å². The van der Waals surface area contributed by atoms with E-state index in [0.717, 1.165) is 12.8 Å². The number of aliphatic carboxylic acids is 1. The lowest BCUT2D eigenvalue weighted by molar-refractivity contribution is -0.138. The van der Waals surface area contributed by atoms with Crippen LogP contribution in [0.15, 0.2) is 0 Å². The van der Waals surface area contributed by atoms with Gasteiger partial charge in [-0.3, -0.25) is 14.5 Å². The number of carbonyl (C=O) groups excluding carboxylic acids is 1. The number of carbonyl (C=O) groups is 2. The number of rotatable bonds is 9. The van der Waals surface area contributed by atoms with Crippen LogP contribution in [0.5, 0.6) is 0 Å². The molecule has 0 heterocycles. The molecule has 0 aromatic rings. The molecule has 6 nitrogen and oxygen atoms in total. The summed E-state index contributed by atoms with van der Waals surface area (Å²) in [5, 5.41) is 11.5. The van der Waals surface area contributed by atoms with Crippen molar-refractivity contribution >= 4 is 11.9 Å². The molecule has 0 spiro atoms. The van der Waals surface area contributed by atoms with E-state index in [0.29, 0.717) is 25.7 Å². The molecule has 1 aliphatic rings. The van der Waals surface area contributed by atoms with Gasteiger partial charge in [0.1, 0.15) is 0 Å². The Morgan fingerprint density at radius 1 is 1.37 bits per heavy atom. The highest BCUT2D eigenvalue weighted by molar-refractivity contribution is 5.78. The van der Waals surface area contributed by atoms with E-state index in [1.165, 1.54) is 12.8 Å². The molecule has 1 amide bonds. The quantitative estimate of drug-likeness (QED) is 0.596. The second-order valence-corrected chi connectivity index (χ2v) is 4.90. The maximum Gasteiger partial charge on any atom is 0.304 e. The number of methoxy groups -OCH3 is 1. The Balaban J connectivity index is 2.38. The fraction of sp³-hybridized carbons (Fsp3) is 0.846. The van der Waals surface area contributed by atoms with E-state index < -0.39 is 5.97 Å². The van der Waals surface area contributed by atoms with Gasteiger partial charge in [-0.1, -0.05) is 12.8 Å². The lowest BCUT2D eigenvalue weighted by Gasteiger charge is -2.27. The summed E-state index contributed by atoms with van der Waals surface area (Å²) in [6, 6.07) is 0.354. The molecule has 0 unspecified atom stereocenters. The highest BCUT2D eigenvalue weighted by atomic mass is 16.5. The fourth-order valence-electron chi connectivity index (χ4n) is 2.43. The van der Waals surface area contributed by atoms with Crippen LogP contribution in [-0.2, 0) is 14.3 Å². The predicted molar refractivity (Wildman–Crippen MR) is 71.0 cm³/mol. The molecule has 6 heteroatoms. The van der Waals surface area contributed by atoms with Crippen LogP contribution in [0.4, 0.5) is 0 Å². The molecule has 2 N–H and O–H groups in total. The van der Waals surface area contributed by atoms with E-state index in [1.807, 2.05) is 4.90 Å². The number of hydrogen-bond acceptors (Lipinski definition) is 4. The van der Waals surface area contributed by atoms with Gasteiger partial charge in [-0.25, -0.2) is 0 Å². The van der Waals surface area contributed by atoms with Gasteiger partial charge in [0.05, 0.1) is 19.6 Å². The summed E-state index contributed by atoms with van der Waals surface area (Å²) in [7, 11) is 1.59. The molecule has 1 rings (SSSR count). The number of ether oxygens (including phenoxy) is 1. The maximum atomic E-state index is 11.8. The van der Waals surface area contributed by atoms with Gasteiger partial charge < -0.3 is 15.2 Å². The topological polar surface area (TPSA) is 78.9 Å². The average molecular weight is 272 g/mol. The van der Waals surface area contributed by atoms with Crippen LogP contribution in [-0.4, -0.2) is 61.3 Å². The lowest BCUT2D eigenvalue weighted by atomic mass is 10.2. The van der Waals surface area contributed by atoms with Crippen molar-refractivity contribution in [2.24, 2.45) is 0 Å². The molecule has 0 saturated heterocycles. The van der Waals surface area contributed by atoms with Crippen LogP contribution in [0.2, 0.25) is 0 Å². The number of amides is 1. The van der Waals surface area contributed by atoms with Crippen molar-refractivity contribution in [1.82, 2.24) is 10.2 Å². The molecule has 1 saturated carbocycles. The number of nitrogens with zero attached hydrogens (tertiary/aromatic N) is 1. The highest BCUT2D eigenvalue weighted by Gasteiger charge is 2.24. The van der Waals surface area contributed by atoms with Crippen LogP contribution < -0.4 is 5.32 Å². The third kappa shape index (κ3) is 6.54. The summed E-state index contributed by atoms with van der Waals surface area (Å²) in [6.07, 6.45) is 4.54. The Labute approximate surface area is 114 Å². The lowest BCUT2D eigenvalue weighted by Crippen LogP contribution is -2.43. The minimum Gasteiger partial charge on any atom is -0.481 e. The van der Waals surface area contributed by atoms with Gasteiger partial charge in [0.25, 0.3) is 0 Å². The standard InChI is InChI=1S/C13H24N2O4/c1-19-9-7-14-12(16)10-15(8-6-13(17)18)11-4-2-3-5-11/h11H,2-10H2,1H3,(H,14,16)(H,17,18). The van der Waals surface area contributed by atoms with Crippen molar-refractivity contribution in [3.05, 3.63) is 0 Å². The van der Waals surface area contributed by atoms with Crippen LogP contribution in [0, 0.1) is 0 Å². The minimum atomic E-state index is -0.817. The molecular weight excluding hydrogens is 248 g/mol. The first-order chi connectivity index (χ1) is 9.13. The molecule has 0 radical (unpaired) electrons. The van der Waals surface area contributed by atoms with E-state index in [4.69, 9.17) is 9.84 Å². The number of nitrogens with one attached hydrogen (secondary N) is 1. The Morgan fingerprint density at radius 2 is 2.05 bits per heavy atom. The van der Waals surface area contributed by atoms with E-state index in [9.17, 15) is 9.59 Å². The minimum absolute atomic E-state index is 0.0608. The van der Waals surface area contributed by atoms with Crippen LogP contribution in [0.25, 0.3) is 0 Å². The normalized spacial score (nSPS) is 15.9. The second kappa shape index (κ2) is 8.87. The van der Waals surface area contributed by atoms with Crippen molar-refractivity contribution in [3.8, 4) is 0 Å². The molecule has 0 aromatic heterocycles. The Bertz CT molecular complexity index is 290. The Kier molecular flexibility index (Phi) is 7.43. The molecule has 19 heavy (non-hydrogen) atoms. The summed E-state index contributed by atoms with van der Waals surface area (Å²) in [4.78, 5) is 24.4. The molecule has 0 aromatic carbocycles. The zero-order chi connectivity index (χ0) is 14.1. The van der Waals surface area contributed by atoms with Gasteiger partial charge in [0, 0.05) is 26.2 Å². The summed E-state index contributed by atoms with van der Waals surface area (Å²) in [6.45, 7) is 1.70. The SMILES string of the molecule is COCCNC(=O)CN(CCC(=O)O)C1CCCC1. The summed E-state index contributed by atoms with van der Waals surface area (Å²) < 4.78 is 4.87. The Morgan fingerprint density at radius 3 is 2.63 bits per heavy atom. The van der Waals surface area contributed by atoms with Gasteiger partial charge >= 0.3 is 5.97 Å². The maximum absolute atomic E-state index is 11.8. The third-order valence-electron chi connectivity index (χ3n) is 3.43. The molecule has 0 aliphatic heterocycles. The first-order valence-electron chi connectivity index (χ1n) is 6.85. The largest absolute Gasteiger partial charge is 0.481 e. The van der Waals surface area contributed by atoms with Gasteiger partial charge in [0.15, 0.2) is 0 Å². The van der Waals surface area contributed by atoms with Gasteiger partial charge in [-0.2, -0.15) is 0 Å². The Hall–Kier alpha value is -1.14. The van der Waals surface area contributed by atoms with Crippen molar-refractivity contribution < 1.29 is 19.4 Å². The first-order valence-corrected chi connectivity index (χ1v) is 6.85. The summed E-state index contributed by atoms with van der Waals surface area (Å²) in [5.74, 6) is -0.878. The van der Waals surface area contributed by atoms with Crippen LogP contribution >= 0.6 is 0 Å². The molecule has 1 fully saturated rings. The average Bonchev–Trinajstić information content (AvgIpc) is 2.88. The third-order valence-corrected chi connectivity index (χ3v) is 3.43.